The maximum Gasteiger partial charge on any atom is 0.258 e. The van der Waals surface area contributed by atoms with Crippen LogP contribution in [0.1, 0.15) is 23.7 Å². The summed E-state index contributed by atoms with van der Waals surface area (Å²) in [6, 6.07) is 21.4. The van der Waals surface area contributed by atoms with Crippen molar-refractivity contribution in [2.24, 2.45) is 0 Å². The zero-order valence-corrected chi connectivity index (χ0v) is 18.9. The van der Waals surface area contributed by atoms with E-state index in [9.17, 15) is 4.79 Å². The number of aromatic amines is 1. The SMILES string of the molecule is CCCN(C(=O)c1ccc(N(C)C)cc1)c1ccc2nc(-c3ccc(OC)cc3)[nH]c2c1. The molecule has 32 heavy (non-hydrogen) atoms. The first-order chi connectivity index (χ1) is 15.5. The van der Waals surface area contributed by atoms with Crippen LogP contribution in [0.15, 0.2) is 66.7 Å². The number of imidazole rings is 1. The van der Waals surface area contributed by atoms with Gasteiger partial charge in [-0.05, 0) is 73.2 Å². The summed E-state index contributed by atoms with van der Waals surface area (Å²) in [4.78, 5) is 25.3. The van der Waals surface area contributed by atoms with Crippen LogP contribution in [0.25, 0.3) is 22.4 Å². The summed E-state index contributed by atoms with van der Waals surface area (Å²) < 4.78 is 5.24. The number of anilines is 2. The molecule has 0 unspecified atom stereocenters. The molecule has 0 fully saturated rings. The molecule has 4 rings (SSSR count). The Morgan fingerprint density at radius 3 is 2.28 bits per heavy atom. The molecule has 6 heteroatoms. The highest BCUT2D eigenvalue weighted by Crippen LogP contribution is 2.27. The van der Waals surface area contributed by atoms with E-state index >= 15 is 0 Å². The number of benzene rings is 3. The van der Waals surface area contributed by atoms with Crippen LogP contribution in [0.3, 0.4) is 0 Å². The Morgan fingerprint density at radius 1 is 0.969 bits per heavy atom. The van der Waals surface area contributed by atoms with Gasteiger partial charge < -0.3 is 19.5 Å². The molecule has 1 heterocycles. The van der Waals surface area contributed by atoms with Crippen LogP contribution in [0, 0.1) is 0 Å². The lowest BCUT2D eigenvalue weighted by molar-refractivity contribution is 0.0987. The number of methoxy groups -OCH3 is 1. The third-order valence-corrected chi connectivity index (χ3v) is 5.46. The van der Waals surface area contributed by atoms with E-state index < -0.39 is 0 Å². The predicted octanol–water partition coefficient (Wildman–Crippen LogP) is 5.36. The van der Waals surface area contributed by atoms with Crippen molar-refractivity contribution in [3.63, 3.8) is 0 Å². The summed E-state index contributed by atoms with van der Waals surface area (Å²) in [5.41, 5.74) is 5.32. The zero-order valence-electron chi connectivity index (χ0n) is 18.9. The summed E-state index contributed by atoms with van der Waals surface area (Å²) >= 11 is 0. The third kappa shape index (κ3) is 4.30. The minimum absolute atomic E-state index is 0.00796. The monoisotopic (exact) mass is 428 g/mol. The molecule has 164 valence electrons. The first-order valence-electron chi connectivity index (χ1n) is 10.7. The number of amides is 1. The highest BCUT2D eigenvalue weighted by atomic mass is 16.5. The Hall–Kier alpha value is -3.80. The van der Waals surface area contributed by atoms with Crippen LogP contribution in [0.2, 0.25) is 0 Å². The number of nitrogens with zero attached hydrogens (tertiary/aromatic N) is 3. The lowest BCUT2D eigenvalue weighted by Crippen LogP contribution is -2.31. The zero-order chi connectivity index (χ0) is 22.7. The number of carbonyl (C=O) groups excluding carboxylic acids is 1. The second-order valence-electron chi connectivity index (χ2n) is 7.91. The molecule has 1 aromatic heterocycles. The fraction of sp³-hybridized carbons (Fsp3) is 0.231. The topological polar surface area (TPSA) is 61.5 Å². The number of fused-ring (bicyclic) bond motifs is 1. The van der Waals surface area contributed by atoms with Crippen LogP contribution < -0.4 is 14.5 Å². The number of H-pyrrole nitrogens is 1. The molecular formula is C26H28N4O2. The van der Waals surface area contributed by atoms with Gasteiger partial charge in [0.25, 0.3) is 5.91 Å². The Labute approximate surface area is 188 Å². The molecule has 6 nitrogen and oxygen atoms in total. The molecule has 0 bridgehead atoms. The number of nitrogens with one attached hydrogen (secondary N) is 1. The minimum Gasteiger partial charge on any atom is -0.497 e. The van der Waals surface area contributed by atoms with Gasteiger partial charge in [0.05, 0.1) is 18.1 Å². The van der Waals surface area contributed by atoms with Gasteiger partial charge in [0.1, 0.15) is 11.6 Å². The van der Waals surface area contributed by atoms with Crippen molar-refractivity contribution in [3.8, 4) is 17.1 Å². The van der Waals surface area contributed by atoms with E-state index in [2.05, 4.69) is 11.9 Å². The number of ether oxygens (including phenoxy) is 1. The largest absolute Gasteiger partial charge is 0.497 e. The minimum atomic E-state index is -0.00796. The fourth-order valence-corrected chi connectivity index (χ4v) is 3.68. The van der Waals surface area contributed by atoms with Crippen LogP contribution in [-0.2, 0) is 0 Å². The molecular weight excluding hydrogens is 400 g/mol. The molecule has 1 N–H and O–H groups in total. The highest BCUT2D eigenvalue weighted by molar-refractivity contribution is 6.07. The summed E-state index contributed by atoms with van der Waals surface area (Å²) in [5.74, 6) is 1.58. The molecule has 3 aromatic carbocycles. The molecule has 0 saturated carbocycles. The van der Waals surface area contributed by atoms with Gasteiger partial charge >= 0.3 is 0 Å². The molecule has 0 saturated heterocycles. The van der Waals surface area contributed by atoms with Crippen LogP contribution in [0.4, 0.5) is 11.4 Å². The van der Waals surface area contributed by atoms with Crippen molar-refractivity contribution < 1.29 is 9.53 Å². The molecule has 4 aromatic rings. The van der Waals surface area contributed by atoms with Gasteiger partial charge in [-0.25, -0.2) is 4.98 Å². The average Bonchev–Trinajstić information content (AvgIpc) is 3.25. The van der Waals surface area contributed by atoms with Crippen molar-refractivity contribution in [1.29, 1.82) is 0 Å². The van der Waals surface area contributed by atoms with Crippen molar-refractivity contribution in [3.05, 3.63) is 72.3 Å². The maximum absolute atomic E-state index is 13.3. The number of carbonyl (C=O) groups is 1. The van der Waals surface area contributed by atoms with Crippen molar-refractivity contribution in [1.82, 2.24) is 9.97 Å². The first-order valence-corrected chi connectivity index (χ1v) is 10.7. The van der Waals surface area contributed by atoms with E-state index in [0.29, 0.717) is 12.1 Å². The number of hydrogen-bond acceptors (Lipinski definition) is 4. The molecule has 0 aliphatic carbocycles. The predicted molar refractivity (Wildman–Crippen MR) is 131 cm³/mol. The third-order valence-electron chi connectivity index (χ3n) is 5.46. The van der Waals surface area contributed by atoms with E-state index in [1.54, 1.807) is 7.11 Å². The summed E-state index contributed by atoms with van der Waals surface area (Å²) in [6.07, 6.45) is 0.861. The summed E-state index contributed by atoms with van der Waals surface area (Å²) in [7, 11) is 5.62. The molecule has 0 aliphatic heterocycles. The van der Waals surface area contributed by atoms with Gasteiger partial charge in [-0.1, -0.05) is 6.92 Å². The lowest BCUT2D eigenvalue weighted by Gasteiger charge is -2.23. The Bertz CT molecular complexity index is 1210. The van der Waals surface area contributed by atoms with E-state index in [1.807, 2.05) is 90.6 Å². The Kier molecular flexibility index (Phi) is 6.12. The van der Waals surface area contributed by atoms with Gasteiger partial charge in [-0.2, -0.15) is 0 Å². The maximum atomic E-state index is 13.3. The molecule has 0 aliphatic rings. The number of aromatic nitrogens is 2. The molecule has 0 atom stereocenters. The van der Waals surface area contributed by atoms with E-state index in [1.165, 1.54) is 0 Å². The Morgan fingerprint density at radius 2 is 1.66 bits per heavy atom. The van der Waals surface area contributed by atoms with Crippen molar-refractivity contribution in [2.75, 3.05) is 37.5 Å². The van der Waals surface area contributed by atoms with Crippen LogP contribution in [0.5, 0.6) is 5.75 Å². The quantitative estimate of drug-likeness (QED) is 0.430. The average molecular weight is 429 g/mol. The van der Waals surface area contributed by atoms with Gasteiger partial charge in [0.2, 0.25) is 0 Å². The van der Waals surface area contributed by atoms with Crippen LogP contribution >= 0.6 is 0 Å². The molecule has 0 spiro atoms. The van der Waals surface area contributed by atoms with Crippen molar-refractivity contribution in [2.45, 2.75) is 13.3 Å². The second kappa shape index (κ2) is 9.14. The highest BCUT2D eigenvalue weighted by Gasteiger charge is 2.18. The normalized spacial score (nSPS) is 10.9. The molecule has 1 amide bonds. The Balaban J connectivity index is 1.65. The van der Waals surface area contributed by atoms with Gasteiger partial charge in [-0.3, -0.25) is 4.79 Å². The smallest absolute Gasteiger partial charge is 0.258 e. The second-order valence-corrected chi connectivity index (χ2v) is 7.91. The van der Waals surface area contributed by atoms with Crippen LogP contribution in [-0.4, -0.2) is 43.6 Å². The van der Waals surface area contributed by atoms with E-state index in [-0.39, 0.29) is 5.91 Å². The van der Waals surface area contributed by atoms with Gasteiger partial charge in [-0.15, -0.1) is 0 Å². The van der Waals surface area contributed by atoms with E-state index in [0.717, 1.165) is 46.0 Å². The number of hydrogen-bond donors (Lipinski definition) is 1. The summed E-state index contributed by atoms with van der Waals surface area (Å²) in [5, 5.41) is 0. The summed E-state index contributed by atoms with van der Waals surface area (Å²) in [6.45, 7) is 2.71. The standard InChI is InChI=1S/C26H28N4O2/c1-5-16-30(26(31)19-6-10-20(11-7-19)29(2)3)21-12-15-23-24(17-21)28-25(27-23)18-8-13-22(32-4)14-9-18/h6-15,17H,5,16H2,1-4H3,(H,27,28). The first kappa shape index (κ1) is 21.4. The molecule has 0 radical (unpaired) electrons. The van der Waals surface area contributed by atoms with Crippen molar-refractivity contribution >= 4 is 28.3 Å². The number of rotatable bonds is 7. The van der Waals surface area contributed by atoms with Gasteiger partial charge in [0, 0.05) is 43.1 Å². The van der Waals surface area contributed by atoms with Gasteiger partial charge in [0.15, 0.2) is 0 Å². The lowest BCUT2D eigenvalue weighted by atomic mass is 10.1. The fourth-order valence-electron chi connectivity index (χ4n) is 3.68. The van der Waals surface area contributed by atoms with E-state index in [4.69, 9.17) is 9.72 Å².